The molecule has 0 radical (unpaired) electrons. The lowest BCUT2D eigenvalue weighted by Crippen LogP contribution is -2.32. The number of rotatable bonds is 1. The molecule has 3 aromatic rings. The molecule has 0 bridgehead atoms. The topological polar surface area (TPSA) is 46.3 Å². The van der Waals surface area contributed by atoms with Crippen molar-refractivity contribution in [1.82, 2.24) is 19.6 Å². The Bertz CT molecular complexity index is 831. The summed E-state index contributed by atoms with van der Waals surface area (Å²) in [5.41, 5.74) is 2.19. The zero-order valence-electron chi connectivity index (χ0n) is 11.0. The Balaban J connectivity index is 1.75. The zero-order chi connectivity index (χ0) is 14.4. The second kappa shape index (κ2) is 4.77. The lowest BCUT2D eigenvalue weighted by molar-refractivity contribution is 0.610. The van der Waals surface area contributed by atoms with Gasteiger partial charge in [0, 0.05) is 19.3 Å². The molecule has 0 amide bonds. The molecule has 1 aliphatic rings. The summed E-state index contributed by atoms with van der Waals surface area (Å²) in [4.78, 5) is 10.4. The number of benzene rings is 1. The van der Waals surface area contributed by atoms with Crippen molar-refractivity contribution in [2.24, 2.45) is 0 Å². The summed E-state index contributed by atoms with van der Waals surface area (Å²) in [6.45, 7) is 1.50. The van der Waals surface area contributed by atoms with Crippen molar-refractivity contribution < 1.29 is 4.39 Å². The van der Waals surface area contributed by atoms with Gasteiger partial charge in [0.25, 0.3) is 5.78 Å². The van der Waals surface area contributed by atoms with Crippen molar-refractivity contribution in [3.05, 3.63) is 52.1 Å². The molecule has 0 saturated heterocycles. The minimum absolute atomic E-state index is 0.226. The summed E-state index contributed by atoms with van der Waals surface area (Å²) in [5.74, 6) is 1.27. The molecule has 1 aliphatic heterocycles. The number of hydrogen-bond acceptors (Lipinski definition) is 4. The van der Waals surface area contributed by atoms with Crippen LogP contribution in [0.3, 0.4) is 0 Å². The maximum absolute atomic E-state index is 13.7. The molecular formula is C14H11BrFN5. The average Bonchev–Trinajstić information content (AvgIpc) is 2.96. The number of aromatic nitrogens is 4. The molecule has 0 atom stereocenters. The number of fused-ring (bicyclic) bond motifs is 2. The Hall–Kier alpha value is -2.02. The van der Waals surface area contributed by atoms with Crippen LogP contribution in [0.2, 0.25) is 0 Å². The molecule has 0 N–H and O–H groups in total. The molecular weight excluding hydrogens is 337 g/mol. The van der Waals surface area contributed by atoms with Crippen LogP contribution >= 0.6 is 15.9 Å². The number of nitrogens with zero attached hydrogens (tertiary/aromatic N) is 5. The average molecular weight is 348 g/mol. The van der Waals surface area contributed by atoms with E-state index in [0.29, 0.717) is 16.8 Å². The van der Waals surface area contributed by atoms with Gasteiger partial charge >= 0.3 is 0 Å². The summed E-state index contributed by atoms with van der Waals surface area (Å²) in [6, 6.07) is 5.38. The normalized spacial score (nSPS) is 14.5. The third kappa shape index (κ3) is 2.08. The van der Waals surface area contributed by atoms with Gasteiger partial charge in [0.2, 0.25) is 0 Å². The Morgan fingerprint density at radius 3 is 3.00 bits per heavy atom. The number of halogens is 2. The first-order valence-corrected chi connectivity index (χ1v) is 7.38. The van der Waals surface area contributed by atoms with Crippen LogP contribution in [0.1, 0.15) is 11.1 Å². The smallest absolute Gasteiger partial charge is 0.254 e. The van der Waals surface area contributed by atoms with Crippen LogP contribution in [0.15, 0.2) is 35.2 Å². The van der Waals surface area contributed by atoms with Crippen molar-refractivity contribution in [3.8, 4) is 0 Å². The van der Waals surface area contributed by atoms with Crippen LogP contribution in [0.4, 0.5) is 10.2 Å². The van der Waals surface area contributed by atoms with Gasteiger partial charge in [-0.25, -0.2) is 9.37 Å². The molecule has 2 aromatic heterocycles. The third-order valence-corrected chi connectivity index (χ3v) is 4.35. The van der Waals surface area contributed by atoms with E-state index in [4.69, 9.17) is 0 Å². The monoisotopic (exact) mass is 347 g/mol. The maximum atomic E-state index is 13.7. The van der Waals surface area contributed by atoms with Crippen LogP contribution in [-0.4, -0.2) is 26.1 Å². The van der Waals surface area contributed by atoms with Gasteiger partial charge in [-0.05, 0) is 51.7 Å². The van der Waals surface area contributed by atoms with E-state index in [0.717, 1.165) is 24.3 Å². The van der Waals surface area contributed by atoms with E-state index < -0.39 is 0 Å². The van der Waals surface area contributed by atoms with Gasteiger partial charge in [-0.15, -0.1) is 0 Å². The molecule has 0 aliphatic carbocycles. The molecule has 21 heavy (non-hydrogen) atoms. The van der Waals surface area contributed by atoms with E-state index in [-0.39, 0.29) is 5.82 Å². The first kappa shape index (κ1) is 12.7. The van der Waals surface area contributed by atoms with E-state index in [1.165, 1.54) is 11.9 Å². The van der Waals surface area contributed by atoms with Gasteiger partial charge < -0.3 is 4.90 Å². The molecule has 0 unspecified atom stereocenters. The summed E-state index contributed by atoms with van der Waals surface area (Å²) < 4.78 is 16.0. The standard InChI is InChI=1S/C14H11BrFN5/c15-11-5-9-2-4-20(7-10(9)6-12(11)16)13-1-3-17-14-18-8-19-21(13)14/h1,3,5-6,8H,2,4,7H2. The zero-order valence-corrected chi connectivity index (χ0v) is 12.6. The third-order valence-electron chi connectivity index (χ3n) is 3.74. The molecule has 5 nitrogen and oxygen atoms in total. The minimum atomic E-state index is -0.226. The number of hydrogen-bond donors (Lipinski definition) is 0. The van der Waals surface area contributed by atoms with Gasteiger partial charge in [-0.2, -0.15) is 14.6 Å². The summed E-state index contributed by atoms with van der Waals surface area (Å²) in [5, 5.41) is 4.20. The van der Waals surface area contributed by atoms with Crippen LogP contribution < -0.4 is 4.90 Å². The number of anilines is 1. The highest BCUT2D eigenvalue weighted by molar-refractivity contribution is 9.10. The van der Waals surface area contributed by atoms with Crippen molar-refractivity contribution in [2.75, 3.05) is 11.4 Å². The first-order chi connectivity index (χ1) is 10.2. The van der Waals surface area contributed by atoms with Gasteiger partial charge in [-0.1, -0.05) is 0 Å². The second-order valence-corrected chi connectivity index (χ2v) is 5.84. The lowest BCUT2D eigenvalue weighted by Gasteiger charge is -2.30. The van der Waals surface area contributed by atoms with E-state index in [1.807, 2.05) is 12.1 Å². The molecule has 0 spiro atoms. The van der Waals surface area contributed by atoms with Crippen LogP contribution in [0.25, 0.3) is 5.78 Å². The predicted molar refractivity (Wildman–Crippen MR) is 79.6 cm³/mol. The Kier molecular flexibility index (Phi) is 2.88. The fourth-order valence-corrected chi connectivity index (χ4v) is 3.10. The summed E-state index contributed by atoms with van der Waals surface area (Å²) in [7, 11) is 0. The molecule has 0 saturated carbocycles. The van der Waals surface area contributed by atoms with Gasteiger partial charge in [-0.3, -0.25) is 0 Å². The van der Waals surface area contributed by atoms with E-state index in [9.17, 15) is 4.39 Å². The van der Waals surface area contributed by atoms with E-state index >= 15 is 0 Å². The van der Waals surface area contributed by atoms with Crippen molar-refractivity contribution in [1.29, 1.82) is 0 Å². The van der Waals surface area contributed by atoms with Crippen molar-refractivity contribution in [3.63, 3.8) is 0 Å². The molecule has 106 valence electrons. The van der Waals surface area contributed by atoms with Gasteiger partial charge in [0.1, 0.15) is 18.0 Å². The highest BCUT2D eigenvalue weighted by Crippen LogP contribution is 2.28. The Morgan fingerprint density at radius 2 is 2.10 bits per heavy atom. The predicted octanol–water partition coefficient (Wildman–Crippen LogP) is 2.59. The fourth-order valence-electron chi connectivity index (χ4n) is 2.71. The SMILES string of the molecule is Fc1cc2c(cc1Br)CCN(c1ccnc3ncnn13)C2. The minimum Gasteiger partial charge on any atom is -0.352 e. The lowest BCUT2D eigenvalue weighted by atomic mass is 10.00. The van der Waals surface area contributed by atoms with Crippen LogP contribution in [0, 0.1) is 5.82 Å². The van der Waals surface area contributed by atoms with E-state index in [1.54, 1.807) is 16.8 Å². The van der Waals surface area contributed by atoms with Crippen molar-refractivity contribution >= 4 is 27.5 Å². The highest BCUT2D eigenvalue weighted by Gasteiger charge is 2.20. The second-order valence-electron chi connectivity index (χ2n) is 4.98. The van der Waals surface area contributed by atoms with Gasteiger partial charge in [0.15, 0.2) is 0 Å². The fraction of sp³-hybridized carbons (Fsp3) is 0.214. The molecule has 3 heterocycles. The van der Waals surface area contributed by atoms with Crippen molar-refractivity contribution in [2.45, 2.75) is 13.0 Å². The largest absolute Gasteiger partial charge is 0.352 e. The summed E-state index contributed by atoms with van der Waals surface area (Å²) >= 11 is 3.24. The first-order valence-electron chi connectivity index (χ1n) is 6.59. The maximum Gasteiger partial charge on any atom is 0.254 e. The van der Waals surface area contributed by atoms with Gasteiger partial charge in [0.05, 0.1) is 4.47 Å². The van der Waals surface area contributed by atoms with Crippen LogP contribution in [0.5, 0.6) is 0 Å². The Labute approximate surface area is 128 Å². The summed E-state index contributed by atoms with van der Waals surface area (Å²) in [6.07, 6.45) is 4.07. The molecule has 1 aromatic carbocycles. The van der Waals surface area contributed by atoms with Crippen LogP contribution in [-0.2, 0) is 13.0 Å². The Morgan fingerprint density at radius 1 is 1.19 bits per heavy atom. The highest BCUT2D eigenvalue weighted by atomic mass is 79.9. The molecule has 7 heteroatoms. The van der Waals surface area contributed by atoms with E-state index in [2.05, 4.69) is 35.9 Å². The quantitative estimate of drug-likeness (QED) is 0.678. The molecule has 0 fully saturated rings. The molecule has 4 rings (SSSR count).